The standard InChI is InChI=1S/C21H34F2N2O3/c1-5-6-17-20(28-12-21(2,3)4)27-11-18(25-17)19(26)16(24)9-13-7-14(22)10-15(23)8-13/h7-8,10,16-20,25-26H,5-6,9,11-12,24H2,1-4H3/t16-,17-,18+,19-,20-/m0/s1. The van der Waals surface area contributed by atoms with Crippen LogP contribution in [-0.4, -0.2) is 48.8 Å². The van der Waals surface area contributed by atoms with E-state index in [0.29, 0.717) is 12.2 Å². The summed E-state index contributed by atoms with van der Waals surface area (Å²) >= 11 is 0. The first-order valence-corrected chi connectivity index (χ1v) is 9.97. The Labute approximate surface area is 166 Å². The average molecular weight is 401 g/mol. The molecule has 0 bridgehead atoms. The van der Waals surface area contributed by atoms with Crippen LogP contribution < -0.4 is 11.1 Å². The molecule has 0 aliphatic carbocycles. The highest BCUT2D eigenvalue weighted by Gasteiger charge is 2.36. The molecule has 0 spiro atoms. The van der Waals surface area contributed by atoms with Gasteiger partial charge < -0.3 is 25.6 Å². The van der Waals surface area contributed by atoms with Gasteiger partial charge in [0.15, 0.2) is 6.29 Å². The number of nitrogens with one attached hydrogen (secondary N) is 1. The van der Waals surface area contributed by atoms with E-state index in [0.717, 1.165) is 18.9 Å². The number of hydrogen-bond donors (Lipinski definition) is 3. The number of rotatable bonds is 8. The molecule has 0 aromatic heterocycles. The summed E-state index contributed by atoms with van der Waals surface area (Å²) in [5.74, 6) is -1.31. The van der Waals surface area contributed by atoms with Crippen molar-refractivity contribution in [2.75, 3.05) is 13.2 Å². The van der Waals surface area contributed by atoms with Crippen molar-refractivity contribution in [2.24, 2.45) is 11.1 Å². The van der Waals surface area contributed by atoms with E-state index < -0.39 is 23.8 Å². The number of morpholine rings is 1. The average Bonchev–Trinajstić information content (AvgIpc) is 2.58. The van der Waals surface area contributed by atoms with Crippen LogP contribution in [0.25, 0.3) is 0 Å². The summed E-state index contributed by atoms with van der Waals surface area (Å²) in [5.41, 5.74) is 6.57. The molecule has 0 saturated carbocycles. The number of halogens is 2. The van der Waals surface area contributed by atoms with Crippen molar-refractivity contribution >= 4 is 0 Å². The third-order valence-corrected chi connectivity index (χ3v) is 4.72. The normalized spacial score (nSPS) is 25.5. The Morgan fingerprint density at radius 1 is 1.29 bits per heavy atom. The van der Waals surface area contributed by atoms with Crippen LogP contribution in [0, 0.1) is 17.0 Å². The lowest BCUT2D eigenvalue weighted by Crippen LogP contribution is -2.62. The van der Waals surface area contributed by atoms with Crippen LogP contribution in [0.15, 0.2) is 18.2 Å². The summed E-state index contributed by atoms with van der Waals surface area (Å²) in [5, 5.41) is 14.1. The monoisotopic (exact) mass is 400 g/mol. The maximum absolute atomic E-state index is 13.4. The highest BCUT2D eigenvalue weighted by Crippen LogP contribution is 2.21. The van der Waals surface area contributed by atoms with Gasteiger partial charge in [0.2, 0.25) is 0 Å². The van der Waals surface area contributed by atoms with Crippen molar-refractivity contribution in [3.05, 3.63) is 35.4 Å². The van der Waals surface area contributed by atoms with Gasteiger partial charge in [-0.15, -0.1) is 0 Å². The smallest absolute Gasteiger partial charge is 0.172 e. The van der Waals surface area contributed by atoms with E-state index in [4.69, 9.17) is 15.2 Å². The van der Waals surface area contributed by atoms with Gasteiger partial charge in [-0.2, -0.15) is 0 Å². The minimum absolute atomic E-state index is 0.0269. The highest BCUT2D eigenvalue weighted by atomic mass is 19.1. The quantitative estimate of drug-likeness (QED) is 0.626. The van der Waals surface area contributed by atoms with Crippen LogP contribution in [0.3, 0.4) is 0 Å². The Morgan fingerprint density at radius 3 is 2.50 bits per heavy atom. The maximum atomic E-state index is 13.4. The SMILES string of the molecule is CCC[C@@H]1N[C@@H]([C@@H](O)[C@@H](N)Cc2cc(F)cc(F)c2)CO[C@H]1OCC(C)(C)C. The van der Waals surface area contributed by atoms with E-state index in [1.54, 1.807) is 0 Å². The van der Waals surface area contributed by atoms with Crippen LogP contribution in [0.4, 0.5) is 8.78 Å². The minimum atomic E-state index is -0.922. The van der Waals surface area contributed by atoms with Gasteiger partial charge in [-0.1, -0.05) is 34.1 Å². The summed E-state index contributed by atoms with van der Waals surface area (Å²) in [4.78, 5) is 0. The molecule has 2 rings (SSSR count). The lowest BCUT2D eigenvalue weighted by Gasteiger charge is -2.41. The van der Waals surface area contributed by atoms with E-state index in [1.165, 1.54) is 12.1 Å². The molecule has 7 heteroatoms. The fourth-order valence-electron chi connectivity index (χ4n) is 3.36. The molecule has 1 saturated heterocycles. The molecule has 1 heterocycles. The molecule has 28 heavy (non-hydrogen) atoms. The number of hydrogen-bond acceptors (Lipinski definition) is 5. The number of aliphatic hydroxyl groups is 1. The summed E-state index contributed by atoms with van der Waals surface area (Å²) in [6.45, 7) is 9.18. The first-order valence-electron chi connectivity index (χ1n) is 9.97. The molecule has 1 aromatic rings. The largest absolute Gasteiger partial charge is 0.390 e. The zero-order valence-corrected chi connectivity index (χ0v) is 17.3. The van der Waals surface area contributed by atoms with Crippen molar-refractivity contribution in [3.63, 3.8) is 0 Å². The summed E-state index contributed by atoms with van der Waals surface area (Å²) < 4.78 is 38.6. The van der Waals surface area contributed by atoms with E-state index >= 15 is 0 Å². The maximum Gasteiger partial charge on any atom is 0.172 e. The molecular formula is C21H34F2N2O3. The minimum Gasteiger partial charge on any atom is -0.390 e. The lowest BCUT2D eigenvalue weighted by atomic mass is 9.95. The van der Waals surface area contributed by atoms with Crippen LogP contribution >= 0.6 is 0 Å². The molecule has 1 aliphatic heterocycles. The fourth-order valence-corrected chi connectivity index (χ4v) is 3.36. The first-order chi connectivity index (χ1) is 13.1. The van der Waals surface area contributed by atoms with Crippen molar-refractivity contribution in [1.29, 1.82) is 0 Å². The molecule has 4 N–H and O–H groups in total. The van der Waals surface area contributed by atoms with Crippen molar-refractivity contribution in [1.82, 2.24) is 5.32 Å². The predicted molar refractivity (Wildman–Crippen MR) is 105 cm³/mol. The second-order valence-corrected chi connectivity index (χ2v) is 8.88. The Kier molecular flexibility index (Phi) is 8.33. The molecular weight excluding hydrogens is 366 g/mol. The predicted octanol–water partition coefficient (Wildman–Crippen LogP) is 2.74. The van der Waals surface area contributed by atoms with E-state index in [1.807, 2.05) is 0 Å². The molecule has 160 valence electrons. The lowest BCUT2D eigenvalue weighted by molar-refractivity contribution is -0.204. The molecule has 1 aliphatic rings. The zero-order chi connectivity index (χ0) is 20.9. The van der Waals surface area contributed by atoms with Crippen molar-refractivity contribution in [3.8, 4) is 0 Å². The number of ether oxygens (including phenoxy) is 2. The molecule has 1 aromatic carbocycles. The van der Waals surface area contributed by atoms with Gasteiger partial charge in [0.05, 0.1) is 31.4 Å². The third-order valence-electron chi connectivity index (χ3n) is 4.72. The van der Waals surface area contributed by atoms with Crippen LogP contribution in [0.1, 0.15) is 46.1 Å². The number of benzene rings is 1. The third kappa shape index (κ3) is 7.04. The van der Waals surface area contributed by atoms with Gasteiger partial charge >= 0.3 is 0 Å². The molecule has 0 radical (unpaired) electrons. The van der Waals surface area contributed by atoms with Gasteiger partial charge in [0, 0.05) is 12.1 Å². The second-order valence-electron chi connectivity index (χ2n) is 8.88. The molecule has 5 atom stereocenters. The first kappa shape index (κ1) is 23.2. The van der Waals surface area contributed by atoms with E-state index in [2.05, 4.69) is 33.0 Å². The van der Waals surface area contributed by atoms with Crippen LogP contribution in [0.2, 0.25) is 0 Å². The van der Waals surface area contributed by atoms with Crippen molar-refractivity contribution < 1.29 is 23.4 Å². The van der Waals surface area contributed by atoms with Gasteiger partial charge in [-0.3, -0.25) is 0 Å². The molecule has 0 amide bonds. The summed E-state index contributed by atoms with van der Waals surface area (Å²) in [6, 6.07) is 2.17. The zero-order valence-electron chi connectivity index (χ0n) is 17.3. The Bertz CT molecular complexity index is 604. The number of aliphatic hydroxyl groups excluding tert-OH is 1. The molecule has 1 fully saturated rings. The van der Waals surface area contributed by atoms with Crippen molar-refractivity contribution in [2.45, 2.75) is 77.5 Å². The van der Waals surface area contributed by atoms with Crippen LogP contribution in [0.5, 0.6) is 0 Å². The summed E-state index contributed by atoms with van der Waals surface area (Å²) in [7, 11) is 0. The van der Waals surface area contributed by atoms with Crippen LogP contribution in [-0.2, 0) is 15.9 Å². The molecule has 0 unspecified atom stereocenters. The van der Waals surface area contributed by atoms with Gasteiger partial charge in [-0.25, -0.2) is 8.78 Å². The Balaban J connectivity index is 1.96. The van der Waals surface area contributed by atoms with Gasteiger partial charge in [0.25, 0.3) is 0 Å². The molecule has 5 nitrogen and oxygen atoms in total. The van der Waals surface area contributed by atoms with Gasteiger partial charge in [-0.05, 0) is 36.0 Å². The second kappa shape index (κ2) is 10.1. The fraction of sp³-hybridized carbons (Fsp3) is 0.714. The van der Waals surface area contributed by atoms with Gasteiger partial charge in [0.1, 0.15) is 11.6 Å². The highest BCUT2D eigenvalue weighted by molar-refractivity contribution is 5.19. The summed E-state index contributed by atoms with van der Waals surface area (Å²) in [6.07, 6.45) is 0.637. The topological polar surface area (TPSA) is 76.7 Å². The Hall–Kier alpha value is -1.12. The van der Waals surface area contributed by atoms with E-state index in [9.17, 15) is 13.9 Å². The Morgan fingerprint density at radius 2 is 1.93 bits per heavy atom. The van der Waals surface area contributed by atoms with E-state index in [-0.39, 0.29) is 36.8 Å². The number of nitrogens with two attached hydrogens (primary N) is 1.